The van der Waals surface area contributed by atoms with E-state index in [4.69, 9.17) is 29.4 Å². The molecule has 0 unspecified atom stereocenters. The number of fused-ring (bicyclic) bond motifs is 2. The van der Waals surface area contributed by atoms with Gasteiger partial charge >= 0.3 is 5.97 Å². The zero-order chi connectivity index (χ0) is 32.3. The highest BCUT2D eigenvalue weighted by Crippen LogP contribution is 2.44. The average Bonchev–Trinajstić information content (AvgIpc) is 3.55. The molecule has 2 atom stereocenters. The second kappa shape index (κ2) is 11.4. The van der Waals surface area contributed by atoms with Gasteiger partial charge in [-0.15, -0.1) is 0 Å². The standard InChI is InChI=1S/C29H31ClN4O9S2/c1-33-10-9-19(33)15-34-16-23(21-7-5-17(13-25(21)34)22-14-31-32-28(22)30)27(35)24-12-18-11-20(40-2)6-8-26(18)41-29(24,42-44(3,36)37)43-45(4,38)39/h5-8,11,13-14,16,19,24H,9-10,12,15H2,1-4H3,(H,31,32)/t19-,24+/m1/s1. The molecule has 0 radical (unpaired) electrons. The minimum atomic E-state index is -4.43. The van der Waals surface area contributed by atoms with E-state index in [2.05, 4.69) is 15.1 Å². The normalized spacial score (nSPS) is 19.9. The Labute approximate surface area is 265 Å². The van der Waals surface area contributed by atoms with Gasteiger partial charge in [0.15, 0.2) is 5.78 Å². The Morgan fingerprint density at radius 1 is 1.13 bits per heavy atom. The van der Waals surface area contributed by atoms with E-state index in [0.717, 1.165) is 31.0 Å². The van der Waals surface area contributed by atoms with Crippen LogP contribution in [0.15, 0.2) is 48.8 Å². The van der Waals surface area contributed by atoms with Gasteiger partial charge in [-0.2, -0.15) is 30.3 Å². The van der Waals surface area contributed by atoms with Gasteiger partial charge in [0, 0.05) is 40.8 Å². The Bertz CT molecular complexity index is 1990. The highest BCUT2D eigenvalue weighted by atomic mass is 35.5. The zero-order valence-corrected chi connectivity index (χ0v) is 27.2. The molecule has 16 heteroatoms. The van der Waals surface area contributed by atoms with Crippen molar-refractivity contribution in [2.75, 3.05) is 33.2 Å². The van der Waals surface area contributed by atoms with E-state index in [9.17, 15) is 21.6 Å². The molecule has 0 saturated carbocycles. The smallest absolute Gasteiger partial charge is 0.366 e. The number of nitrogens with zero attached hydrogens (tertiary/aromatic N) is 3. The van der Waals surface area contributed by atoms with Gasteiger partial charge in [0.25, 0.3) is 20.2 Å². The number of ether oxygens (including phenoxy) is 2. The van der Waals surface area contributed by atoms with E-state index in [1.807, 2.05) is 17.7 Å². The molecule has 2 aromatic heterocycles. The quantitative estimate of drug-likeness (QED) is 0.149. The van der Waals surface area contributed by atoms with Crippen molar-refractivity contribution in [3.8, 4) is 22.6 Å². The fourth-order valence-corrected chi connectivity index (χ4v) is 7.31. The van der Waals surface area contributed by atoms with Crippen molar-refractivity contribution in [3.63, 3.8) is 0 Å². The van der Waals surface area contributed by atoms with Crippen molar-refractivity contribution < 1.29 is 39.5 Å². The number of H-pyrrole nitrogens is 1. The van der Waals surface area contributed by atoms with Gasteiger partial charge < -0.3 is 18.9 Å². The van der Waals surface area contributed by atoms with E-state index in [-0.39, 0.29) is 23.8 Å². The SMILES string of the molecule is COc1ccc2c(c1)C[C@@H](C(=O)c1cn(C[C@H]3CCN3C)c3cc(-c4cn[nH]c4Cl)ccc13)C(OS(C)(=O)=O)(OS(C)(=O)=O)O2. The number of nitrogens with one attached hydrogen (secondary N) is 1. The molecule has 240 valence electrons. The Kier molecular flexibility index (Phi) is 7.98. The number of ketones is 1. The van der Waals surface area contributed by atoms with E-state index in [1.54, 1.807) is 36.7 Å². The number of aromatic amines is 1. The fourth-order valence-electron chi connectivity index (χ4n) is 5.84. The number of aromatic nitrogens is 3. The number of hydrogen-bond donors (Lipinski definition) is 1. The molecule has 4 heterocycles. The van der Waals surface area contributed by atoms with Gasteiger partial charge in [0.05, 0.1) is 25.8 Å². The maximum absolute atomic E-state index is 14.7. The van der Waals surface area contributed by atoms with Gasteiger partial charge in [-0.05, 0) is 61.8 Å². The Morgan fingerprint density at radius 2 is 1.87 bits per heavy atom. The number of rotatable bonds is 10. The molecule has 2 aliphatic rings. The summed E-state index contributed by atoms with van der Waals surface area (Å²) in [6.45, 7) is 1.51. The van der Waals surface area contributed by atoms with Crippen molar-refractivity contribution in [3.05, 3.63) is 65.1 Å². The van der Waals surface area contributed by atoms with Crippen molar-refractivity contribution in [2.24, 2.45) is 5.92 Å². The zero-order valence-electron chi connectivity index (χ0n) is 24.8. The highest BCUT2D eigenvalue weighted by molar-refractivity contribution is 7.86. The third-order valence-corrected chi connectivity index (χ3v) is 9.48. The van der Waals surface area contributed by atoms with Gasteiger partial charge in [-0.3, -0.25) is 9.89 Å². The van der Waals surface area contributed by atoms with Gasteiger partial charge in [0.2, 0.25) is 0 Å². The van der Waals surface area contributed by atoms with E-state index in [0.29, 0.717) is 39.5 Å². The van der Waals surface area contributed by atoms with Crippen molar-refractivity contribution in [1.29, 1.82) is 0 Å². The summed E-state index contributed by atoms with van der Waals surface area (Å²) in [4.78, 5) is 16.9. The maximum Gasteiger partial charge on any atom is 0.366 e. The number of halogens is 1. The van der Waals surface area contributed by atoms with Gasteiger partial charge in [-0.1, -0.05) is 23.7 Å². The Morgan fingerprint density at radius 3 is 2.44 bits per heavy atom. The summed E-state index contributed by atoms with van der Waals surface area (Å²) in [7, 11) is -5.37. The number of likely N-dealkylation sites (tertiary alicyclic amines) is 1. The first-order valence-corrected chi connectivity index (χ1v) is 17.9. The van der Waals surface area contributed by atoms with E-state index >= 15 is 0 Å². The average molecular weight is 679 g/mol. The van der Waals surface area contributed by atoms with Crippen LogP contribution in [0.2, 0.25) is 5.15 Å². The Hall–Kier alpha value is -3.47. The number of carbonyl (C=O) groups is 1. The summed E-state index contributed by atoms with van der Waals surface area (Å²) in [6.07, 6.45) is 5.52. The summed E-state index contributed by atoms with van der Waals surface area (Å²) < 4.78 is 74.0. The van der Waals surface area contributed by atoms with Crippen LogP contribution in [0.25, 0.3) is 22.0 Å². The van der Waals surface area contributed by atoms with Crippen molar-refractivity contribution in [2.45, 2.75) is 31.4 Å². The molecule has 1 fully saturated rings. The molecule has 0 amide bonds. The second-order valence-corrected chi connectivity index (χ2v) is 14.9. The third kappa shape index (κ3) is 6.20. The van der Waals surface area contributed by atoms with Crippen molar-refractivity contribution >= 4 is 48.5 Å². The van der Waals surface area contributed by atoms with Crippen LogP contribution >= 0.6 is 11.6 Å². The first kappa shape index (κ1) is 31.5. The van der Waals surface area contributed by atoms with Crippen LogP contribution in [0.3, 0.4) is 0 Å². The van der Waals surface area contributed by atoms with Crippen LogP contribution < -0.4 is 9.47 Å². The lowest BCUT2D eigenvalue weighted by Crippen LogP contribution is -2.56. The summed E-state index contributed by atoms with van der Waals surface area (Å²) >= 11 is 6.32. The number of hydrogen-bond acceptors (Lipinski definition) is 11. The molecule has 6 rings (SSSR count). The summed E-state index contributed by atoms with van der Waals surface area (Å²) in [5.74, 6) is -4.54. The Balaban J connectivity index is 1.52. The molecule has 0 bridgehead atoms. The molecule has 0 spiro atoms. The van der Waals surface area contributed by atoms with E-state index < -0.39 is 37.9 Å². The largest absolute Gasteiger partial charge is 0.497 e. The summed E-state index contributed by atoms with van der Waals surface area (Å²) in [6, 6.07) is 10.3. The van der Waals surface area contributed by atoms with Gasteiger partial charge in [-0.25, -0.2) is 0 Å². The first-order chi connectivity index (χ1) is 21.2. The molecule has 1 N–H and O–H groups in total. The lowest BCUT2D eigenvalue weighted by molar-refractivity contribution is -0.275. The maximum atomic E-state index is 14.7. The molecular formula is C29H31ClN4O9S2. The molecule has 45 heavy (non-hydrogen) atoms. The first-order valence-electron chi connectivity index (χ1n) is 13.9. The monoisotopic (exact) mass is 678 g/mol. The number of carbonyl (C=O) groups excluding carboxylic acids is 1. The molecule has 1 saturated heterocycles. The minimum absolute atomic E-state index is 0.0734. The number of likely N-dealkylation sites (N-methyl/N-ethyl adjacent to an activating group) is 1. The van der Waals surface area contributed by atoms with Crippen LogP contribution in [0.5, 0.6) is 11.5 Å². The van der Waals surface area contributed by atoms with Crippen LogP contribution in [-0.4, -0.2) is 87.5 Å². The number of benzene rings is 2. The highest BCUT2D eigenvalue weighted by Gasteiger charge is 2.57. The minimum Gasteiger partial charge on any atom is -0.497 e. The summed E-state index contributed by atoms with van der Waals surface area (Å²) in [5, 5.41) is 7.63. The molecular weight excluding hydrogens is 648 g/mol. The van der Waals surface area contributed by atoms with Crippen LogP contribution in [-0.2, 0) is 41.6 Å². The molecule has 13 nitrogen and oxygen atoms in total. The lowest BCUT2D eigenvalue weighted by Gasteiger charge is -2.40. The molecule has 2 aromatic carbocycles. The van der Waals surface area contributed by atoms with Crippen molar-refractivity contribution in [1.82, 2.24) is 19.7 Å². The molecule has 0 aliphatic carbocycles. The lowest BCUT2D eigenvalue weighted by atomic mass is 9.86. The van der Waals surface area contributed by atoms with Crippen LogP contribution in [0, 0.1) is 5.92 Å². The van der Waals surface area contributed by atoms with E-state index in [1.165, 1.54) is 13.2 Å². The van der Waals surface area contributed by atoms with Gasteiger partial charge in [0.1, 0.15) is 22.6 Å². The second-order valence-electron chi connectivity index (χ2n) is 11.3. The topological polar surface area (TPSA) is 159 Å². The predicted molar refractivity (Wildman–Crippen MR) is 165 cm³/mol. The third-order valence-electron chi connectivity index (χ3n) is 8.12. The summed E-state index contributed by atoms with van der Waals surface area (Å²) in [5.41, 5.74) is 2.82. The number of Topliss-reactive ketones (excluding diaryl/α,β-unsaturated/α-hetero) is 1. The predicted octanol–water partition coefficient (Wildman–Crippen LogP) is 3.44. The molecule has 2 aliphatic heterocycles. The fraction of sp³-hybridized carbons (Fsp3) is 0.379. The number of methoxy groups -OCH3 is 1. The van der Waals surface area contributed by atoms with Crippen LogP contribution in [0.1, 0.15) is 22.3 Å². The van der Waals surface area contributed by atoms with Crippen LogP contribution in [0.4, 0.5) is 0 Å². The molecule has 4 aromatic rings.